The average Bonchev–Trinajstić information content (AvgIpc) is 2.56. The molecular weight excluding hydrogens is 294 g/mol. The third-order valence-electron chi connectivity index (χ3n) is 4.39. The molecule has 1 aromatic carbocycles. The number of para-hydroxylation sites is 1. The zero-order chi connectivity index (χ0) is 16.2. The fourth-order valence-electron chi connectivity index (χ4n) is 3.24. The molecule has 0 spiro atoms. The lowest BCUT2D eigenvalue weighted by Gasteiger charge is -2.33. The quantitative estimate of drug-likeness (QED) is 0.864. The van der Waals surface area contributed by atoms with Crippen LogP contribution in [0.25, 0.3) is 0 Å². The fourth-order valence-corrected chi connectivity index (χ4v) is 3.24. The van der Waals surface area contributed by atoms with Gasteiger partial charge in [0.05, 0.1) is 18.8 Å². The minimum atomic E-state index is -0.403. The molecule has 0 saturated carbocycles. The number of hydrogen-bond donors (Lipinski definition) is 1. The van der Waals surface area contributed by atoms with Gasteiger partial charge in [0.1, 0.15) is 11.5 Å². The van der Waals surface area contributed by atoms with E-state index >= 15 is 0 Å². The maximum absolute atomic E-state index is 11.9. The predicted molar refractivity (Wildman–Crippen MR) is 86.5 cm³/mol. The minimum absolute atomic E-state index is 0.171. The summed E-state index contributed by atoms with van der Waals surface area (Å²) in [5.74, 6) is 1.14. The largest absolute Gasteiger partial charge is 0.512 e. The molecule has 0 aliphatic carbocycles. The molecule has 2 aliphatic heterocycles. The molecular formula is C18H23NO4. The van der Waals surface area contributed by atoms with Crippen molar-refractivity contribution in [2.45, 2.75) is 19.8 Å². The smallest absolute Gasteiger partial charge is 0.338 e. The van der Waals surface area contributed by atoms with Crippen molar-refractivity contribution in [3.63, 3.8) is 0 Å². The number of ether oxygens (including phenoxy) is 2. The highest BCUT2D eigenvalue weighted by Gasteiger charge is 2.28. The molecule has 0 fully saturated rings. The number of hydrogen-bond acceptors (Lipinski definition) is 5. The predicted octanol–water partition coefficient (Wildman–Crippen LogP) is 2.32. The molecule has 3 rings (SSSR count). The van der Waals surface area contributed by atoms with Crippen LogP contribution >= 0.6 is 0 Å². The van der Waals surface area contributed by atoms with Crippen LogP contribution in [0.15, 0.2) is 35.6 Å². The van der Waals surface area contributed by atoms with Crippen molar-refractivity contribution >= 4 is 5.97 Å². The van der Waals surface area contributed by atoms with Crippen molar-refractivity contribution in [2.24, 2.45) is 5.92 Å². The summed E-state index contributed by atoms with van der Waals surface area (Å²) in [6.07, 6.45) is 1.48. The third kappa shape index (κ3) is 3.67. The molecule has 2 heterocycles. The number of aliphatic hydroxyl groups excluding tert-OH is 1. The van der Waals surface area contributed by atoms with Crippen LogP contribution in [0.4, 0.5) is 0 Å². The van der Waals surface area contributed by atoms with Crippen LogP contribution in [0.5, 0.6) is 5.75 Å². The van der Waals surface area contributed by atoms with E-state index in [0.717, 1.165) is 25.3 Å². The number of carbonyl (C=O) groups excluding carboxylic acids is 1. The Hall–Kier alpha value is -2.01. The van der Waals surface area contributed by atoms with Gasteiger partial charge in [-0.1, -0.05) is 18.2 Å². The highest BCUT2D eigenvalue weighted by atomic mass is 16.5. The topological polar surface area (TPSA) is 59.0 Å². The summed E-state index contributed by atoms with van der Waals surface area (Å²) < 4.78 is 10.9. The normalized spacial score (nSPS) is 21.5. The van der Waals surface area contributed by atoms with Crippen LogP contribution in [-0.2, 0) is 16.0 Å². The first-order valence-electron chi connectivity index (χ1n) is 8.18. The SMILES string of the molecule is CCOC(=O)C1=C(O)CCN(CC2COc3ccccc3C2)C1. The van der Waals surface area contributed by atoms with Crippen LogP contribution < -0.4 is 4.74 Å². The summed E-state index contributed by atoms with van der Waals surface area (Å²) in [6, 6.07) is 8.13. The highest BCUT2D eigenvalue weighted by Crippen LogP contribution is 2.28. The summed E-state index contributed by atoms with van der Waals surface area (Å²) >= 11 is 0. The van der Waals surface area contributed by atoms with Gasteiger partial charge in [0.25, 0.3) is 0 Å². The number of carbonyl (C=O) groups is 1. The van der Waals surface area contributed by atoms with E-state index in [0.29, 0.717) is 37.7 Å². The summed E-state index contributed by atoms with van der Waals surface area (Å²) in [7, 11) is 0. The summed E-state index contributed by atoms with van der Waals surface area (Å²) in [5.41, 5.74) is 1.64. The van der Waals surface area contributed by atoms with E-state index in [2.05, 4.69) is 11.0 Å². The van der Waals surface area contributed by atoms with Gasteiger partial charge >= 0.3 is 5.97 Å². The van der Waals surface area contributed by atoms with Crippen molar-refractivity contribution in [2.75, 3.05) is 32.8 Å². The second-order valence-electron chi connectivity index (χ2n) is 6.12. The molecule has 1 atom stereocenters. The Labute approximate surface area is 136 Å². The summed E-state index contributed by atoms with van der Waals surface area (Å²) in [5, 5.41) is 9.95. The van der Waals surface area contributed by atoms with Crippen molar-refractivity contribution in [3.05, 3.63) is 41.2 Å². The van der Waals surface area contributed by atoms with Gasteiger partial charge in [-0.25, -0.2) is 4.79 Å². The molecule has 0 radical (unpaired) electrons. The molecule has 5 heteroatoms. The van der Waals surface area contributed by atoms with Crippen molar-refractivity contribution < 1.29 is 19.4 Å². The molecule has 5 nitrogen and oxygen atoms in total. The van der Waals surface area contributed by atoms with Crippen molar-refractivity contribution in [1.82, 2.24) is 4.90 Å². The number of aliphatic hydroxyl groups is 1. The molecule has 0 saturated heterocycles. The van der Waals surface area contributed by atoms with E-state index in [1.807, 2.05) is 18.2 Å². The van der Waals surface area contributed by atoms with Gasteiger partial charge in [-0.2, -0.15) is 0 Å². The summed E-state index contributed by atoms with van der Waals surface area (Å²) in [4.78, 5) is 14.1. The van der Waals surface area contributed by atoms with E-state index in [1.165, 1.54) is 5.56 Å². The highest BCUT2D eigenvalue weighted by molar-refractivity contribution is 5.89. The molecule has 23 heavy (non-hydrogen) atoms. The Balaban J connectivity index is 1.61. The number of benzene rings is 1. The van der Waals surface area contributed by atoms with Gasteiger partial charge in [0.15, 0.2) is 0 Å². The van der Waals surface area contributed by atoms with E-state index in [9.17, 15) is 9.90 Å². The van der Waals surface area contributed by atoms with E-state index in [4.69, 9.17) is 9.47 Å². The van der Waals surface area contributed by atoms with E-state index < -0.39 is 5.97 Å². The Morgan fingerprint density at radius 1 is 1.43 bits per heavy atom. The zero-order valence-corrected chi connectivity index (χ0v) is 13.5. The maximum atomic E-state index is 11.9. The number of fused-ring (bicyclic) bond motifs is 1. The van der Waals surface area contributed by atoms with Gasteiger partial charge in [0.2, 0.25) is 0 Å². The fraction of sp³-hybridized carbons (Fsp3) is 0.500. The Morgan fingerprint density at radius 2 is 2.26 bits per heavy atom. The zero-order valence-electron chi connectivity index (χ0n) is 13.5. The standard InChI is InChI=1S/C18H23NO4/c1-2-22-18(21)15-11-19(8-7-16(15)20)10-13-9-14-5-3-4-6-17(14)23-12-13/h3-6,13,20H,2,7-12H2,1H3. The van der Waals surface area contributed by atoms with Crippen molar-refractivity contribution in [3.8, 4) is 5.75 Å². The van der Waals surface area contributed by atoms with Gasteiger partial charge in [-0.15, -0.1) is 0 Å². The monoisotopic (exact) mass is 317 g/mol. The first-order chi connectivity index (χ1) is 11.2. The van der Waals surface area contributed by atoms with Crippen molar-refractivity contribution in [1.29, 1.82) is 0 Å². The minimum Gasteiger partial charge on any atom is -0.512 e. The lowest BCUT2D eigenvalue weighted by atomic mass is 9.95. The molecule has 1 unspecified atom stereocenters. The Bertz CT molecular complexity index is 611. The molecule has 0 bridgehead atoms. The number of rotatable bonds is 4. The van der Waals surface area contributed by atoms with Crippen LogP contribution in [-0.4, -0.2) is 48.8 Å². The second-order valence-corrected chi connectivity index (χ2v) is 6.12. The van der Waals surface area contributed by atoms with E-state index in [-0.39, 0.29) is 5.76 Å². The molecule has 0 aromatic heterocycles. The lowest BCUT2D eigenvalue weighted by molar-refractivity contribution is -0.139. The van der Waals surface area contributed by atoms with Gasteiger partial charge in [0, 0.05) is 32.0 Å². The first kappa shape index (κ1) is 15.9. The van der Waals surface area contributed by atoms with Gasteiger partial charge in [-0.05, 0) is 25.0 Å². The molecule has 2 aliphatic rings. The number of esters is 1. The second kappa shape index (κ2) is 7.04. The van der Waals surface area contributed by atoms with Crippen LogP contribution in [0.2, 0.25) is 0 Å². The number of nitrogens with zero attached hydrogens (tertiary/aromatic N) is 1. The van der Waals surface area contributed by atoms with Crippen LogP contribution in [0.3, 0.4) is 0 Å². The summed E-state index contributed by atoms with van der Waals surface area (Å²) in [6.45, 7) is 4.84. The van der Waals surface area contributed by atoms with Crippen LogP contribution in [0, 0.1) is 5.92 Å². The van der Waals surface area contributed by atoms with Gasteiger partial charge < -0.3 is 14.6 Å². The van der Waals surface area contributed by atoms with Gasteiger partial charge in [-0.3, -0.25) is 4.90 Å². The third-order valence-corrected chi connectivity index (χ3v) is 4.39. The Kier molecular flexibility index (Phi) is 4.86. The van der Waals surface area contributed by atoms with E-state index in [1.54, 1.807) is 6.92 Å². The molecule has 1 aromatic rings. The molecule has 1 N–H and O–H groups in total. The first-order valence-corrected chi connectivity index (χ1v) is 8.18. The lowest BCUT2D eigenvalue weighted by Crippen LogP contribution is -2.40. The maximum Gasteiger partial charge on any atom is 0.338 e. The molecule has 0 amide bonds. The molecule has 124 valence electrons. The van der Waals surface area contributed by atoms with Crippen LogP contribution in [0.1, 0.15) is 18.9 Å². The average molecular weight is 317 g/mol. The Morgan fingerprint density at radius 3 is 3.09 bits per heavy atom.